The monoisotopic (exact) mass is 368 g/mol. The lowest BCUT2D eigenvalue weighted by molar-refractivity contribution is 0.0291. The van der Waals surface area contributed by atoms with Crippen LogP contribution in [-0.2, 0) is 11.2 Å². The van der Waals surface area contributed by atoms with E-state index in [-0.39, 0.29) is 6.09 Å². The zero-order chi connectivity index (χ0) is 16.2. The summed E-state index contributed by atoms with van der Waals surface area (Å²) in [6.45, 7) is 8.12. The first-order valence-electron chi connectivity index (χ1n) is 7.79. The minimum absolute atomic E-state index is 0.204. The van der Waals surface area contributed by atoms with E-state index in [1.165, 1.54) is 5.56 Å². The Labute approximate surface area is 141 Å². The number of rotatable bonds is 4. The molecule has 0 aromatic heterocycles. The minimum Gasteiger partial charge on any atom is -0.444 e. The fraction of sp³-hybridized carbons (Fsp3) is 0.588. The summed E-state index contributed by atoms with van der Waals surface area (Å²) in [5.41, 5.74) is 0.891. The van der Waals surface area contributed by atoms with E-state index in [4.69, 9.17) is 4.74 Å². The summed E-state index contributed by atoms with van der Waals surface area (Å²) in [6, 6.07) is 8.76. The van der Waals surface area contributed by atoms with Gasteiger partial charge in [0.1, 0.15) is 5.60 Å². The van der Waals surface area contributed by atoms with Crippen LogP contribution in [0.3, 0.4) is 0 Å². The summed E-state index contributed by atoms with van der Waals surface area (Å²) in [4.78, 5) is 13.8. The number of likely N-dealkylation sites (tertiary alicyclic amines) is 1. The van der Waals surface area contributed by atoms with E-state index in [1.54, 1.807) is 4.90 Å². The molecular formula is C17H25BrN2O2. The number of carbonyl (C=O) groups excluding carboxylic acids is 1. The second-order valence-corrected chi connectivity index (χ2v) is 7.66. The number of hydrogen-bond donors (Lipinski definition) is 1. The largest absolute Gasteiger partial charge is 0.444 e. The topological polar surface area (TPSA) is 41.6 Å². The van der Waals surface area contributed by atoms with E-state index in [9.17, 15) is 4.79 Å². The molecule has 1 heterocycles. The van der Waals surface area contributed by atoms with E-state index in [1.807, 2.05) is 20.8 Å². The molecule has 1 aliphatic heterocycles. The maximum absolute atomic E-state index is 12.0. The average Bonchev–Trinajstić information content (AvgIpc) is 2.88. The predicted octanol–water partition coefficient (Wildman–Crippen LogP) is 3.59. The van der Waals surface area contributed by atoms with Crippen molar-refractivity contribution < 1.29 is 9.53 Å². The van der Waals surface area contributed by atoms with Crippen molar-refractivity contribution in [2.45, 2.75) is 45.3 Å². The highest BCUT2D eigenvalue weighted by Gasteiger charge is 2.29. The van der Waals surface area contributed by atoms with Gasteiger partial charge in [-0.25, -0.2) is 4.79 Å². The van der Waals surface area contributed by atoms with Crippen molar-refractivity contribution in [2.75, 3.05) is 19.6 Å². The van der Waals surface area contributed by atoms with Gasteiger partial charge in [0, 0.05) is 23.6 Å². The molecule has 1 N–H and O–H groups in total. The van der Waals surface area contributed by atoms with Crippen LogP contribution in [0.5, 0.6) is 0 Å². The lowest BCUT2D eigenvalue weighted by Gasteiger charge is -2.24. The summed E-state index contributed by atoms with van der Waals surface area (Å²) in [6.07, 6.45) is 1.78. The number of amides is 1. The molecule has 1 atom stereocenters. The molecule has 0 bridgehead atoms. The number of ether oxygens (including phenoxy) is 1. The van der Waals surface area contributed by atoms with Crippen LogP contribution in [0, 0.1) is 0 Å². The number of hydrogen-bond acceptors (Lipinski definition) is 3. The third-order valence-electron chi connectivity index (χ3n) is 3.60. The van der Waals surface area contributed by atoms with Crippen LogP contribution in [0.2, 0.25) is 0 Å². The van der Waals surface area contributed by atoms with Gasteiger partial charge < -0.3 is 15.0 Å². The predicted molar refractivity (Wildman–Crippen MR) is 92.1 cm³/mol. The van der Waals surface area contributed by atoms with Gasteiger partial charge in [0.15, 0.2) is 0 Å². The molecular weight excluding hydrogens is 344 g/mol. The SMILES string of the molecule is CC(C)(C)OC(=O)N1CC[C@H](NCCc2ccc(Br)cc2)C1. The van der Waals surface area contributed by atoms with E-state index < -0.39 is 5.60 Å². The van der Waals surface area contributed by atoms with Crippen LogP contribution in [0.4, 0.5) is 4.79 Å². The number of benzene rings is 1. The Morgan fingerprint density at radius 2 is 2.05 bits per heavy atom. The third-order valence-corrected chi connectivity index (χ3v) is 4.13. The maximum Gasteiger partial charge on any atom is 0.410 e. The molecule has 0 aliphatic carbocycles. The first-order chi connectivity index (χ1) is 10.3. The summed E-state index contributed by atoms with van der Waals surface area (Å²) < 4.78 is 6.51. The van der Waals surface area contributed by atoms with Crippen LogP contribution in [-0.4, -0.2) is 42.3 Å². The third kappa shape index (κ3) is 5.61. The van der Waals surface area contributed by atoms with Crippen LogP contribution in [0.15, 0.2) is 28.7 Å². The Bertz CT molecular complexity index is 496. The van der Waals surface area contributed by atoms with Gasteiger partial charge in [-0.05, 0) is 57.9 Å². The smallest absolute Gasteiger partial charge is 0.410 e. The summed E-state index contributed by atoms with van der Waals surface area (Å²) >= 11 is 3.44. The van der Waals surface area contributed by atoms with Crippen molar-refractivity contribution in [3.05, 3.63) is 34.3 Å². The van der Waals surface area contributed by atoms with Gasteiger partial charge in [-0.1, -0.05) is 28.1 Å². The first-order valence-corrected chi connectivity index (χ1v) is 8.58. The molecule has 1 aliphatic rings. The molecule has 1 fully saturated rings. The maximum atomic E-state index is 12.0. The van der Waals surface area contributed by atoms with Gasteiger partial charge in [-0.3, -0.25) is 0 Å². The zero-order valence-corrected chi connectivity index (χ0v) is 15.1. The molecule has 0 unspecified atom stereocenters. The molecule has 22 heavy (non-hydrogen) atoms. The number of nitrogens with zero attached hydrogens (tertiary/aromatic N) is 1. The summed E-state index contributed by atoms with van der Waals surface area (Å²) in [7, 11) is 0. The Morgan fingerprint density at radius 3 is 2.68 bits per heavy atom. The van der Waals surface area contributed by atoms with Crippen LogP contribution < -0.4 is 5.32 Å². The number of halogens is 1. The Morgan fingerprint density at radius 1 is 1.36 bits per heavy atom. The van der Waals surface area contributed by atoms with E-state index in [0.29, 0.717) is 6.04 Å². The van der Waals surface area contributed by atoms with Crippen molar-refractivity contribution in [1.29, 1.82) is 0 Å². The molecule has 0 spiro atoms. The molecule has 4 nitrogen and oxygen atoms in total. The number of carbonyl (C=O) groups is 1. The Kier molecular flexibility index (Phi) is 5.87. The molecule has 1 amide bonds. The van der Waals surface area contributed by atoms with Crippen molar-refractivity contribution >= 4 is 22.0 Å². The highest BCUT2D eigenvalue weighted by molar-refractivity contribution is 9.10. The fourth-order valence-electron chi connectivity index (χ4n) is 2.49. The Hall–Kier alpha value is -1.07. The van der Waals surface area contributed by atoms with Crippen LogP contribution in [0.1, 0.15) is 32.8 Å². The van der Waals surface area contributed by atoms with Gasteiger partial charge in [-0.15, -0.1) is 0 Å². The minimum atomic E-state index is -0.426. The van der Waals surface area contributed by atoms with Crippen molar-refractivity contribution in [3.63, 3.8) is 0 Å². The standard InChI is InChI=1S/C17H25BrN2O2/c1-17(2,3)22-16(21)20-11-9-15(12-20)19-10-8-13-4-6-14(18)7-5-13/h4-7,15,19H,8-12H2,1-3H3/t15-/m0/s1. The fourth-order valence-corrected chi connectivity index (χ4v) is 2.76. The summed E-state index contributed by atoms with van der Waals surface area (Å²) in [5.74, 6) is 0. The lowest BCUT2D eigenvalue weighted by atomic mass is 10.1. The van der Waals surface area contributed by atoms with Crippen LogP contribution in [0.25, 0.3) is 0 Å². The van der Waals surface area contributed by atoms with Crippen molar-refractivity contribution in [3.8, 4) is 0 Å². The van der Waals surface area contributed by atoms with Gasteiger partial charge in [0.05, 0.1) is 0 Å². The lowest BCUT2D eigenvalue weighted by Crippen LogP contribution is -2.38. The van der Waals surface area contributed by atoms with Crippen LogP contribution >= 0.6 is 15.9 Å². The van der Waals surface area contributed by atoms with Gasteiger partial charge in [0.25, 0.3) is 0 Å². The average molecular weight is 369 g/mol. The molecule has 1 aromatic rings. The highest BCUT2D eigenvalue weighted by Crippen LogP contribution is 2.15. The molecule has 1 aromatic carbocycles. The van der Waals surface area contributed by atoms with Crippen molar-refractivity contribution in [1.82, 2.24) is 10.2 Å². The van der Waals surface area contributed by atoms with Gasteiger partial charge in [-0.2, -0.15) is 0 Å². The van der Waals surface area contributed by atoms with E-state index in [2.05, 4.69) is 45.5 Å². The molecule has 5 heteroatoms. The van der Waals surface area contributed by atoms with Crippen molar-refractivity contribution in [2.24, 2.45) is 0 Å². The quantitative estimate of drug-likeness (QED) is 0.882. The van der Waals surface area contributed by atoms with Gasteiger partial charge in [0.2, 0.25) is 0 Å². The highest BCUT2D eigenvalue weighted by atomic mass is 79.9. The molecule has 0 saturated carbocycles. The molecule has 1 saturated heterocycles. The molecule has 122 valence electrons. The Balaban J connectivity index is 1.70. The summed E-state index contributed by atoms with van der Waals surface area (Å²) in [5, 5.41) is 3.53. The second kappa shape index (κ2) is 7.47. The number of nitrogens with one attached hydrogen (secondary N) is 1. The normalized spacial score (nSPS) is 18.5. The molecule has 0 radical (unpaired) electrons. The van der Waals surface area contributed by atoms with E-state index in [0.717, 1.165) is 36.9 Å². The van der Waals surface area contributed by atoms with E-state index >= 15 is 0 Å². The first kappa shape index (κ1) is 17.3. The zero-order valence-electron chi connectivity index (χ0n) is 13.6. The van der Waals surface area contributed by atoms with Gasteiger partial charge >= 0.3 is 6.09 Å². The second-order valence-electron chi connectivity index (χ2n) is 6.74. The molecule has 2 rings (SSSR count).